The van der Waals surface area contributed by atoms with E-state index >= 15 is 0 Å². The summed E-state index contributed by atoms with van der Waals surface area (Å²) < 4.78 is 0. The van der Waals surface area contributed by atoms with Crippen LogP contribution in [0.5, 0.6) is 0 Å². The van der Waals surface area contributed by atoms with Crippen molar-refractivity contribution < 1.29 is 55.3 Å². The molecule has 0 saturated heterocycles. The molecule has 5 radical (unpaired) electrons. The Morgan fingerprint density at radius 2 is 1.00 bits per heavy atom. The van der Waals surface area contributed by atoms with E-state index in [2.05, 4.69) is 0 Å². The van der Waals surface area contributed by atoms with E-state index in [0.29, 0.717) is 0 Å². The average Bonchev–Trinajstić information content (AvgIpc) is 0. The van der Waals surface area contributed by atoms with E-state index in [0.717, 1.165) is 0 Å². The summed E-state index contributed by atoms with van der Waals surface area (Å²) in [6, 6.07) is 0. The molecule has 0 saturated carbocycles. The third-order valence-electron chi connectivity index (χ3n) is 0. The second kappa shape index (κ2) is 20.3. The Labute approximate surface area is 65.8 Å². The molecular weight excluding hydrogens is 190 g/mol. The molecule has 0 spiro atoms. The van der Waals surface area contributed by atoms with Crippen LogP contribution in [-0.4, -0.2) is 11.0 Å². The number of hydrogen-bond donors (Lipinski definition) is 0. The van der Waals surface area contributed by atoms with Crippen LogP contribution >= 0.6 is 0 Å². The number of hydrogen-bond acceptors (Lipinski definition) is 0. The summed E-state index contributed by atoms with van der Waals surface area (Å²) in [5, 5.41) is 0. The fourth-order valence-electron chi connectivity index (χ4n) is 0. The summed E-state index contributed by atoms with van der Waals surface area (Å²) in [4.78, 5) is 0. The molecule has 0 fully saturated rings. The van der Waals surface area contributed by atoms with Gasteiger partial charge in [0, 0.05) is 66.2 Å². The van der Waals surface area contributed by atoms with E-state index in [4.69, 9.17) is 0 Å². The van der Waals surface area contributed by atoms with Crippen LogP contribution in [-0.2, 0) is 55.3 Å². The third kappa shape index (κ3) is 9.05. The molecule has 0 aliphatic rings. The van der Waals surface area contributed by atoms with Gasteiger partial charge in [-0.3, -0.25) is 0 Å². The molecule has 0 aliphatic carbocycles. The Kier molecular flexibility index (Phi) is 196. The maximum Gasteiger partial charge on any atom is 0 e. The van der Waals surface area contributed by atoms with Gasteiger partial charge < -0.3 is 0 Å². The first-order valence-electron chi connectivity index (χ1n) is 0. The van der Waals surface area contributed by atoms with Crippen molar-refractivity contribution in [2.45, 2.75) is 0 Å². The van der Waals surface area contributed by atoms with Crippen LogP contribution in [0.25, 0.3) is 0 Å². The molecule has 0 aromatic carbocycles. The number of rotatable bonds is 0. The van der Waals surface area contributed by atoms with E-state index in [-0.39, 0.29) is 66.2 Å². The minimum Gasteiger partial charge on any atom is 0 e. The van der Waals surface area contributed by atoms with Gasteiger partial charge in [0.2, 0.25) is 0 Å². The third-order valence-corrected chi connectivity index (χ3v) is 0. The summed E-state index contributed by atoms with van der Waals surface area (Å²) in [5.74, 6) is 0. The minimum atomic E-state index is 0. The molecule has 0 rings (SSSR count). The van der Waals surface area contributed by atoms with Crippen LogP contribution in [0.4, 0.5) is 0 Å². The molecule has 0 unspecified atom stereocenters. The van der Waals surface area contributed by atoms with Crippen LogP contribution in [0.2, 0.25) is 0 Å². The van der Waals surface area contributed by atoms with Gasteiger partial charge in [-0.05, 0) is 0 Å². The van der Waals surface area contributed by atoms with Gasteiger partial charge in [-0.15, -0.1) is 0 Å². The van der Waals surface area contributed by atoms with E-state index in [9.17, 15) is 0 Å². The molecule has 0 heterocycles. The van der Waals surface area contributed by atoms with Crippen molar-refractivity contribution in [3.05, 3.63) is 0 Å². The predicted molar refractivity (Wildman–Crippen MR) is 5.75 cm³/mol. The largest absolute Gasteiger partial charge is 0 e. The molecule has 0 atom stereocenters. The van der Waals surface area contributed by atoms with Gasteiger partial charge in [0.1, 0.15) is 0 Å². The molecule has 0 bridgehead atoms. The average molecular weight is 190 g/mol. The van der Waals surface area contributed by atoms with Crippen LogP contribution in [0, 0.1) is 0 Å². The zero-order valence-electron chi connectivity index (χ0n) is 1.69. The Morgan fingerprint density at radius 3 is 1.00 bits per heavy atom. The van der Waals surface area contributed by atoms with E-state index in [1.807, 2.05) is 0 Å². The van der Waals surface area contributed by atoms with Gasteiger partial charge >= 0.3 is 0 Å². The van der Waals surface area contributed by atoms with Crippen molar-refractivity contribution in [1.29, 1.82) is 0 Å². The first kappa shape index (κ1) is 38.4. The van der Waals surface area contributed by atoms with Crippen molar-refractivity contribution in [2.75, 3.05) is 0 Å². The molecule has 4 heavy (non-hydrogen) atoms. The molecule has 25 valence electrons. The van der Waals surface area contributed by atoms with E-state index in [1.54, 1.807) is 0 Å². The molecule has 0 aromatic heterocycles. The van der Waals surface area contributed by atoms with Crippen LogP contribution in [0.1, 0.15) is 0 Å². The van der Waals surface area contributed by atoms with Crippen LogP contribution in [0.15, 0.2) is 0 Å². The second-order valence-electron chi connectivity index (χ2n) is 0. The first-order valence-corrected chi connectivity index (χ1v) is 0. The first-order chi connectivity index (χ1) is 0. The maximum absolute atomic E-state index is 0. The molecule has 0 nitrogen and oxygen atoms in total. The fraction of sp³-hybridized carbons (Fsp3) is 0. The van der Waals surface area contributed by atoms with Gasteiger partial charge in [-0.1, -0.05) is 0 Å². The Morgan fingerprint density at radius 1 is 1.00 bits per heavy atom. The van der Waals surface area contributed by atoms with Crippen molar-refractivity contribution in [2.24, 2.45) is 0 Å². The van der Waals surface area contributed by atoms with Crippen molar-refractivity contribution in [3.63, 3.8) is 0 Å². The summed E-state index contributed by atoms with van der Waals surface area (Å²) in [5.41, 5.74) is 0. The summed E-state index contributed by atoms with van der Waals surface area (Å²) in [7, 11) is 0. The molecule has 4 heteroatoms. The smallest absolute Gasteiger partial charge is 0 e. The van der Waals surface area contributed by atoms with Gasteiger partial charge in [0.15, 0.2) is 0 Å². The summed E-state index contributed by atoms with van der Waals surface area (Å²) >= 11 is 0. The fourth-order valence-corrected chi connectivity index (χ4v) is 0. The molecule has 0 aliphatic heterocycles. The summed E-state index contributed by atoms with van der Waals surface area (Å²) in [6.45, 7) is 0. The second-order valence-corrected chi connectivity index (χ2v) is 0. The van der Waals surface area contributed by atoms with Crippen molar-refractivity contribution in [3.8, 4) is 0 Å². The van der Waals surface area contributed by atoms with Crippen LogP contribution in [0.3, 0.4) is 0 Å². The van der Waals surface area contributed by atoms with Crippen molar-refractivity contribution >= 4 is 11.0 Å². The molecule has 0 N–H and O–H groups in total. The Hall–Kier alpha value is 1.94. The van der Waals surface area contributed by atoms with Crippen molar-refractivity contribution in [1.82, 2.24) is 0 Å². The molecule has 0 aromatic rings. The zero-order valence-corrected chi connectivity index (χ0v) is 6.42. The maximum atomic E-state index is 0. The van der Waals surface area contributed by atoms with Gasteiger partial charge in [0.25, 0.3) is 0 Å². The normalized spacial score (nSPS) is 0. The quantitative estimate of drug-likeness (QED) is 0.456. The minimum absolute atomic E-state index is 0. The van der Waals surface area contributed by atoms with Gasteiger partial charge in [0.05, 0.1) is 0 Å². The zero-order chi connectivity index (χ0) is 0. The van der Waals surface area contributed by atoms with Gasteiger partial charge in [-0.2, -0.15) is 0 Å². The topological polar surface area (TPSA) is 0 Å². The summed E-state index contributed by atoms with van der Waals surface area (Å²) in [6.07, 6.45) is 0. The van der Waals surface area contributed by atoms with E-state index < -0.39 is 0 Å². The molecular formula is MnNiSiTi. The Balaban J connectivity index is 0. The van der Waals surface area contributed by atoms with Crippen LogP contribution < -0.4 is 0 Å². The SMILES string of the molecule is [Mn].[Ni].[Si].[Ti]. The predicted octanol–water partition coefficient (Wildman–Crippen LogP) is -0.388. The molecule has 0 amide bonds. The Bertz CT molecular complexity index is 8.00. The monoisotopic (exact) mass is 189 g/mol. The van der Waals surface area contributed by atoms with E-state index in [1.165, 1.54) is 0 Å². The standard InChI is InChI=1S/Mn.Ni.Si.Ti. The van der Waals surface area contributed by atoms with Gasteiger partial charge in [-0.25, -0.2) is 0 Å².